The molecular formula is C28H33N7O4S. The van der Waals surface area contributed by atoms with Crippen LogP contribution >= 0.6 is 0 Å². The van der Waals surface area contributed by atoms with Gasteiger partial charge in [0.05, 0.1) is 34.5 Å². The van der Waals surface area contributed by atoms with Gasteiger partial charge in [0.15, 0.2) is 5.82 Å². The van der Waals surface area contributed by atoms with Crippen LogP contribution in [0.1, 0.15) is 56.9 Å². The number of aliphatic hydroxyl groups excluding tert-OH is 1. The second-order valence-electron chi connectivity index (χ2n) is 10.7. The number of aliphatic hydroxyl groups is 1. The van der Waals surface area contributed by atoms with E-state index in [-0.39, 0.29) is 24.0 Å². The van der Waals surface area contributed by atoms with Crippen molar-refractivity contribution in [2.24, 2.45) is 5.92 Å². The standard InChI is InChI=1S/C28H33N7O4S/c36-18-19-3-6-22(7-4-19)32-25-14-27(30-15-20(25)5-8-23-2-1-13-39-23)33-26-11-12-29-28(34-26)21-16-31-35(17-21)40(37,38)24-9-10-24/h11-12,14-17,19,22-24,36H,1-4,6-7,9-10,13,18H2,(H2,29,30,32,33,34). The molecule has 0 spiro atoms. The van der Waals surface area contributed by atoms with Gasteiger partial charge in [-0.1, -0.05) is 11.8 Å². The van der Waals surface area contributed by atoms with Crippen LogP contribution in [0.5, 0.6) is 0 Å². The van der Waals surface area contributed by atoms with Gasteiger partial charge in [0.25, 0.3) is 10.0 Å². The van der Waals surface area contributed by atoms with E-state index < -0.39 is 10.0 Å². The highest BCUT2D eigenvalue weighted by atomic mass is 32.2. The van der Waals surface area contributed by atoms with Crippen molar-refractivity contribution >= 4 is 27.3 Å². The van der Waals surface area contributed by atoms with E-state index in [1.165, 1.54) is 12.4 Å². The van der Waals surface area contributed by atoms with Crippen LogP contribution in [0.4, 0.5) is 17.3 Å². The van der Waals surface area contributed by atoms with E-state index in [0.29, 0.717) is 41.8 Å². The molecule has 0 bridgehead atoms. The Bertz CT molecular complexity index is 1510. The van der Waals surface area contributed by atoms with Crippen molar-refractivity contribution in [3.63, 3.8) is 0 Å². The lowest BCUT2D eigenvalue weighted by Gasteiger charge is -2.29. The predicted octanol–water partition coefficient (Wildman–Crippen LogP) is 3.31. The van der Waals surface area contributed by atoms with Gasteiger partial charge >= 0.3 is 0 Å². The van der Waals surface area contributed by atoms with Gasteiger partial charge in [-0.2, -0.15) is 9.19 Å². The number of nitrogens with zero attached hydrogens (tertiary/aromatic N) is 5. The van der Waals surface area contributed by atoms with Gasteiger partial charge in [-0.15, -0.1) is 0 Å². The smallest absolute Gasteiger partial charge is 0.256 e. The largest absolute Gasteiger partial charge is 0.396 e. The fourth-order valence-corrected chi connectivity index (χ4v) is 6.55. The topological polar surface area (TPSA) is 144 Å². The first-order valence-electron chi connectivity index (χ1n) is 13.9. The summed E-state index contributed by atoms with van der Waals surface area (Å²) < 4.78 is 31.7. The quantitative estimate of drug-likeness (QED) is 0.349. The SMILES string of the molecule is O=S(=O)(C1CC1)n1cc(-c2nccc(Nc3cc(NC4CCC(CO)CC4)c(C#CC4CCCO4)cn3)n2)cn1. The van der Waals surface area contributed by atoms with Gasteiger partial charge in [-0.05, 0) is 63.4 Å². The van der Waals surface area contributed by atoms with Crippen LogP contribution in [0.2, 0.25) is 0 Å². The van der Waals surface area contributed by atoms with Crippen molar-refractivity contribution in [1.29, 1.82) is 0 Å². The second-order valence-corrected chi connectivity index (χ2v) is 12.7. The Balaban J connectivity index is 1.21. The Kier molecular flexibility index (Phi) is 7.69. The molecule has 12 heteroatoms. The minimum atomic E-state index is -3.46. The first kappa shape index (κ1) is 26.7. The Morgan fingerprint density at radius 3 is 2.67 bits per heavy atom. The van der Waals surface area contributed by atoms with E-state index >= 15 is 0 Å². The molecule has 1 saturated heterocycles. The highest BCUT2D eigenvalue weighted by Gasteiger charge is 2.37. The van der Waals surface area contributed by atoms with Crippen LogP contribution in [0.25, 0.3) is 11.4 Å². The maximum Gasteiger partial charge on any atom is 0.256 e. The maximum absolute atomic E-state index is 12.5. The zero-order valence-electron chi connectivity index (χ0n) is 22.2. The molecule has 3 aliphatic rings. The van der Waals surface area contributed by atoms with Crippen LogP contribution in [-0.4, -0.2) is 68.3 Å². The summed E-state index contributed by atoms with van der Waals surface area (Å²) in [5.41, 5.74) is 2.20. The lowest BCUT2D eigenvalue weighted by Crippen LogP contribution is -2.27. The third-order valence-corrected chi connectivity index (χ3v) is 9.64. The molecule has 2 saturated carbocycles. The van der Waals surface area contributed by atoms with E-state index in [9.17, 15) is 13.5 Å². The molecule has 1 aliphatic heterocycles. The Labute approximate surface area is 233 Å². The molecule has 1 unspecified atom stereocenters. The highest BCUT2D eigenvalue weighted by molar-refractivity contribution is 7.90. The van der Waals surface area contributed by atoms with Gasteiger partial charge < -0.3 is 20.5 Å². The van der Waals surface area contributed by atoms with Crippen LogP contribution in [-0.2, 0) is 14.8 Å². The summed E-state index contributed by atoms with van der Waals surface area (Å²) in [6.07, 6.45) is 13.5. The molecule has 1 atom stereocenters. The zero-order valence-corrected chi connectivity index (χ0v) is 23.0. The molecule has 0 aromatic carbocycles. The van der Waals surface area contributed by atoms with Crippen molar-refractivity contribution in [1.82, 2.24) is 24.1 Å². The average Bonchev–Trinajstić information content (AvgIpc) is 3.48. The molecule has 0 amide bonds. The molecular weight excluding hydrogens is 530 g/mol. The Morgan fingerprint density at radius 1 is 1.07 bits per heavy atom. The van der Waals surface area contributed by atoms with Crippen LogP contribution in [0.3, 0.4) is 0 Å². The molecule has 6 rings (SSSR count). The molecule has 2 aliphatic carbocycles. The first-order chi connectivity index (χ1) is 19.5. The summed E-state index contributed by atoms with van der Waals surface area (Å²) in [5.74, 6) is 8.34. The number of aromatic nitrogens is 5. The van der Waals surface area contributed by atoms with Crippen LogP contribution in [0.15, 0.2) is 36.9 Å². The molecule has 3 aromatic heterocycles. The van der Waals surface area contributed by atoms with E-state index in [1.807, 2.05) is 6.07 Å². The Morgan fingerprint density at radius 2 is 1.93 bits per heavy atom. The third-order valence-electron chi connectivity index (χ3n) is 7.60. The number of pyridine rings is 1. The van der Waals surface area contributed by atoms with Crippen LogP contribution < -0.4 is 10.6 Å². The van der Waals surface area contributed by atoms with Gasteiger partial charge in [-0.25, -0.2) is 23.4 Å². The average molecular weight is 564 g/mol. The normalized spacial score (nSPS) is 22.9. The lowest BCUT2D eigenvalue weighted by atomic mass is 9.86. The molecule has 40 heavy (non-hydrogen) atoms. The van der Waals surface area contributed by atoms with E-state index in [2.05, 4.69) is 42.5 Å². The van der Waals surface area contributed by atoms with Gasteiger partial charge in [0, 0.05) is 37.7 Å². The van der Waals surface area contributed by atoms with Crippen molar-refractivity contribution in [3.8, 4) is 23.2 Å². The number of anilines is 3. The third kappa shape index (κ3) is 6.11. The molecule has 210 valence electrons. The van der Waals surface area contributed by atoms with E-state index in [0.717, 1.165) is 60.5 Å². The number of rotatable bonds is 8. The maximum atomic E-state index is 12.5. The fraction of sp³-hybridized carbons (Fsp3) is 0.500. The molecule has 3 aromatic rings. The Hall–Kier alpha value is -3.53. The number of ether oxygens (including phenoxy) is 1. The summed E-state index contributed by atoms with van der Waals surface area (Å²) in [6.45, 7) is 0.990. The second kappa shape index (κ2) is 11.5. The molecule has 0 radical (unpaired) electrons. The molecule has 4 heterocycles. The number of nitrogens with one attached hydrogen (secondary N) is 2. The monoisotopic (exact) mass is 563 g/mol. The van der Waals surface area contributed by atoms with Crippen molar-refractivity contribution in [2.45, 2.75) is 68.8 Å². The van der Waals surface area contributed by atoms with Gasteiger partial charge in [0.2, 0.25) is 0 Å². The van der Waals surface area contributed by atoms with Crippen molar-refractivity contribution in [3.05, 3.63) is 42.5 Å². The van der Waals surface area contributed by atoms with E-state index in [1.54, 1.807) is 18.5 Å². The summed E-state index contributed by atoms with van der Waals surface area (Å²) in [5, 5.41) is 20.1. The summed E-state index contributed by atoms with van der Waals surface area (Å²) in [7, 11) is -3.46. The number of hydrogen-bond acceptors (Lipinski definition) is 10. The van der Waals surface area contributed by atoms with E-state index in [4.69, 9.17) is 4.74 Å². The zero-order chi connectivity index (χ0) is 27.5. The fourth-order valence-electron chi connectivity index (χ4n) is 5.08. The first-order valence-corrected chi connectivity index (χ1v) is 15.4. The lowest BCUT2D eigenvalue weighted by molar-refractivity contribution is 0.152. The van der Waals surface area contributed by atoms with Crippen LogP contribution in [0, 0.1) is 17.8 Å². The van der Waals surface area contributed by atoms with Crippen molar-refractivity contribution in [2.75, 3.05) is 23.8 Å². The molecule has 11 nitrogen and oxygen atoms in total. The summed E-state index contributed by atoms with van der Waals surface area (Å²) in [6, 6.07) is 3.94. The van der Waals surface area contributed by atoms with Crippen molar-refractivity contribution < 1.29 is 18.3 Å². The number of hydrogen-bond donors (Lipinski definition) is 3. The molecule has 3 fully saturated rings. The molecule has 3 N–H and O–H groups in total. The van der Waals surface area contributed by atoms with Gasteiger partial charge in [-0.3, -0.25) is 0 Å². The predicted molar refractivity (Wildman–Crippen MR) is 150 cm³/mol. The summed E-state index contributed by atoms with van der Waals surface area (Å²) >= 11 is 0. The minimum absolute atomic E-state index is 0.0475. The van der Waals surface area contributed by atoms with Gasteiger partial charge in [0.1, 0.15) is 17.7 Å². The minimum Gasteiger partial charge on any atom is -0.396 e. The highest BCUT2D eigenvalue weighted by Crippen LogP contribution is 2.31. The summed E-state index contributed by atoms with van der Waals surface area (Å²) in [4.78, 5) is 13.5.